The van der Waals surface area contributed by atoms with Crippen LogP contribution in [-0.2, 0) is 20.5 Å². The van der Waals surface area contributed by atoms with Crippen molar-refractivity contribution in [2.24, 2.45) is 4.40 Å². The van der Waals surface area contributed by atoms with Crippen LogP contribution >= 0.6 is 15.9 Å². The average Bonchev–Trinajstić information content (AvgIpc) is 2.70. The fraction of sp³-hybridized carbons (Fsp3) is 0.250. The van der Waals surface area contributed by atoms with Crippen LogP contribution in [0.3, 0.4) is 0 Å². The predicted octanol–water partition coefficient (Wildman–Crippen LogP) is 1.99. The second-order valence-electron chi connectivity index (χ2n) is 6.68. The molecule has 7 nitrogen and oxygen atoms in total. The average molecular weight is 479 g/mol. The minimum Gasteiger partial charge on any atom is -0.395 e. The second kappa shape index (κ2) is 7.66. The number of ether oxygens (including phenoxy) is 1. The third kappa shape index (κ3) is 3.64. The van der Waals surface area contributed by atoms with E-state index in [1.807, 2.05) is 0 Å². The highest BCUT2D eigenvalue weighted by atomic mass is 79.9. The highest BCUT2D eigenvalue weighted by molar-refractivity contribution is 9.10. The SMILES string of the molecule is O=S(=O)(/N=C1/C=C2N(CCO)CCOC2(O)c2ccccc21)c1ccc(Br)cc1. The molecule has 2 N–H and O–H groups in total. The molecule has 152 valence electrons. The number of sulfonamides is 1. The summed E-state index contributed by atoms with van der Waals surface area (Å²) in [4.78, 5) is 1.85. The highest BCUT2D eigenvalue weighted by Crippen LogP contribution is 2.41. The van der Waals surface area contributed by atoms with Crippen LogP contribution in [0.5, 0.6) is 0 Å². The molecule has 29 heavy (non-hydrogen) atoms. The molecule has 0 saturated carbocycles. The van der Waals surface area contributed by atoms with E-state index in [2.05, 4.69) is 20.3 Å². The molecule has 2 aromatic carbocycles. The minimum atomic E-state index is -3.97. The van der Waals surface area contributed by atoms with Crippen molar-refractivity contribution in [3.8, 4) is 0 Å². The summed E-state index contributed by atoms with van der Waals surface area (Å²) in [6.07, 6.45) is 1.52. The number of rotatable bonds is 4. The Kier molecular flexibility index (Phi) is 5.34. The number of halogens is 1. The van der Waals surface area contributed by atoms with Gasteiger partial charge in [-0.25, -0.2) is 0 Å². The zero-order valence-corrected chi connectivity index (χ0v) is 17.7. The van der Waals surface area contributed by atoms with E-state index in [0.29, 0.717) is 23.4 Å². The van der Waals surface area contributed by atoms with Crippen molar-refractivity contribution in [3.63, 3.8) is 0 Å². The van der Waals surface area contributed by atoms with Gasteiger partial charge in [-0.15, -0.1) is 0 Å². The van der Waals surface area contributed by atoms with Gasteiger partial charge >= 0.3 is 0 Å². The first kappa shape index (κ1) is 20.2. The van der Waals surface area contributed by atoms with Gasteiger partial charge in [-0.1, -0.05) is 40.2 Å². The van der Waals surface area contributed by atoms with E-state index in [4.69, 9.17) is 4.74 Å². The van der Waals surface area contributed by atoms with Crippen molar-refractivity contribution in [1.29, 1.82) is 0 Å². The highest BCUT2D eigenvalue weighted by Gasteiger charge is 2.46. The van der Waals surface area contributed by atoms with Crippen LogP contribution in [0.1, 0.15) is 11.1 Å². The first-order valence-electron chi connectivity index (χ1n) is 9.00. The maximum atomic E-state index is 12.9. The Balaban J connectivity index is 1.88. The van der Waals surface area contributed by atoms with Crippen LogP contribution in [0.4, 0.5) is 0 Å². The fourth-order valence-electron chi connectivity index (χ4n) is 3.54. The number of fused-ring (bicyclic) bond motifs is 3. The molecular formula is C20H19BrN2O5S. The molecule has 2 aliphatic rings. The smallest absolute Gasteiger partial charge is 0.282 e. The van der Waals surface area contributed by atoms with Gasteiger partial charge < -0.3 is 19.8 Å². The van der Waals surface area contributed by atoms with Gasteiger partial charge in [0.25, 0.3) is 10.0 Å². The van der Waals surface area contributed by atoms with Crippen molar-refractivity contribution >= 4 is 31.7 Å². The summed E-state index contributed by atoms with van der Waals surface area (Å²) in [5.74, 6) is -1.72. The van der Waals surface area contributed by atoms with E-state index in [0.717, 1.165) is 4.47 Å². The molecule has 1 fully saturated rings. The van der Waals surface area contributed by atoms with E-state index in [1.165, 1.54) is 18.2 Å². The molecule has 0 spiro atoms. The topological polar surface area (TPSA) is 99.4 Å². The molecule has 1 saturated heterocycles. The number of aliphatic hydroxyl groups excluding tert-OH is 1. The number of β-amino-alcohol motifs (C(OH)–C–C–N with tert-alkyl or cyclic N) is 1. The molecule has 0 bridgehead atoms. The summed E-state index contributed by atoms with van der Waals surface area (Å²) in [5, 5.41) is 20.7. The van der Waals surface area contributed by atoms with Gasteiger partial charge in [-0.2, -0.15) is 12.8 Å². The van der Waals surface area contributed by atoms with Gasteiger partial charge in [0.2, 0.25) is 5.79 Å². The molecule has 1 aliphatic carbocycles. The molecule has 0 aromatic heterocycles. The van der Waals surface area contributed by atoms with Crippen molar-refractivity contribution in [3.05, 3.63) is 75.9 Å². The van der Waals surface area contributed by atoms with Gasteiger partial charge in [0, 0.05) is 28.7 Å². The maximum absolute atomic E-state index is 12.9. The van der Waals surface area contributed by atoms with E-state index in [1.54, 1.807) is 41.3 Å². The Hall–Kier alpha value is -2.04. The van der Waals surface area contributed by atoms with Gasteiger partial charge in [0.1, 0.15) is 0 Å². The van der Waals surface area contributed by atoms with Crippen LogP contribution in [0.15, 0.2) is 74.1 Å². The Labute approximate surface area is 177 Å². The summed E-state index contributed by atoms with van der Waals surface area (Å²) in [7, 11) is -3.97. The van der Waals surface area contributed by atoms with Crippen molar-refractivity contribution < 1.29 is 23.4 Å². The third-order valence-electron chi connectivity index (χ3n) is 4.90. The molecule has 1 atom stereocenters. The molecule has 4 rings (SSSR count). The first-order chi connectivity index (χ1) is 13.8. The van der Waals surface area contributed by atoms with Gasteiger partial charge in [-0.05, 0) is 30.3 Å². The van der Waals surface area contributed by atoms with Crippen LogP contribution < -0.4 is 0 Å². The van der Waals surface area contributed by atoms with E-state index in [-0.39, 0.29) is 30.4 Å². The van der Waals surface area contributed by atoms with E-state index >= 15 is 0 Å². The maximum Gasteiger partial charge on any atom is 0.282 e. The zero-order chi connectivity index (χ0) is 20.6. The number of hydrogen-bond acceptors (Lipinski definition) is 6. The third-order valence-corrected chi connectivity index (χ3v) is 6.74. The van der Waals surface area contributed by atoms with Gasteiger partial charge in [-0.3, -0.25) is 0 Å². The summed E-state index contributed by atoms with van der Waals surface area (Å²) in [6.45, 7) is 0.903. The quantitative estimate of drug-likeness (QED) is 0.696. The monoisotopic (exact) mass is 478 g/mol. The van der Waals surface area contributed by atoms with E-state index < -0.39 is 15.8 Å². The zero-order valence-electron chi connectivity index (χ0n) is 15.3. The van der Waals surface area contributed by atoms with Crippen LogP contribution in [-0.4, -0.2) is 55.5 Å². The second-order valence-corrected chi connectivity index (χ2v) is 9.20. The standard InChI is InChI=1S/C20H19BrN2O5S/c21-14-5-7-15(8-6-14)29(26,27)22-18-13-19-20(25,17-4-2-1-3-16(17)18)28-12-10-23(19)9-11-24/h1-8,13,24-25H,9-12H2/b22-18-. The molecule has 2 aromatic rings. The lowest BCUT2D eigenvalue weighted by Gasteiger charge is -2.45. The molecule has 9 heteroatoms. The number of nitrogens with zero attached hydrogens (tertiary/aromatic N) is 2. The first-order valence-corrected chi connectivity index (χ1v) is 11.2. The molecule has 0 amide bonds. The molecular weight excluding hydrogens is 460 g/mol. The predicted molar refractivity (Wildman–Crippen MR) is 111 cm³/mol. The minimum absolute atomic E-state index is 0.0667. The van der Waals surface area contributed by atoms with Crippen LogP contribution in [0.25, 0.3) is 0 Å². The Morgan fingerprint density at radius 2 is 1.90 bits per heavy atom. The number of hydrogen-bond donors (Lipinski definition) is 2. The molecule has 1 aliphatic heterocycles. The largest absolute Gasteiger partial charge is 0.395 e. The summed E-state index contributed by atoms with van der Waals surface area (Å²) in [6, 6.07) is 13.1. The normalized spacial score (nSPS) is 22.8. The lowest BCUT2D eigenvalue weighted by atomic mass is 9.86. The number of aliphatic hydroxyl groups is 2. The number of morpholine rings is 1. The Bertz CT molecular complexity index is 1100. The summed E-state index contributed by atoms with van der Waals surface area (Å²) < 4.78 is 36.3. The van der Waals surface area contributed by atoms with Crippen LogP contribution in [0.2, 0.25) is 0 Å². The van der Waals surface area contributed by atoms with Crippen molar-refractivity contribution in [2.75, 3.05) is 26.3 Å². The Morgan fingerprint density at radius 3 is 2.62 bits per heavy atom. The number of allylic oxidation sites excluding steroid dienone is 1. The Morgan fingerprint density at radius 1 is 1.17 bits per heavy atom. The lowest BCUT2D eigenvalue weighted by Crippen LogP contribution is -2.50. The molecule has 1 heterocycles. The van der Waals surface area contributed by atoms with Gasteiger partial charge in [0.15, 0.2) is 0 Å². The fourth-order valence-corrected chi connectivity index (χ4v) is 4.80. The molecule has 1 unspecified atom stereocenters. The summed E-state index contributed by atoms with van der Waals surface area (Å²) >= 11 is 3.29. The van der Waals surface area contributed by atoms with Crippen molar-refractivity contribution in [1.82, 2.24) is 4.90 Å². The van der Waals surface area contributed by atoms with Gasteiger partial charge in [0.05, 0.1) is 29.5 Å². The number of benzene rings is 2. The van der Waals surface area contributed by atoms with Crippen LogP contribution in [0, 0.1) is 0 Å². The summed E-state index contributed by atoms with van der Waals surface area (Å²) in [5.41, 5.74) is 1.47. The van der Waals surface area contributed by atoms with Crippen molar-refractivity contribution in [2.45, 2.75) is 10.7 Å². The van der Waals surface area contributed by atoms with E-state index in [9.17, 15) is 18.6 Å². The lowest BCUT2D eigenvalue weighted by molar-refractivity contribution is -0.219. The molecule has 0 radical (unpaired) electrons.